The minimum absolute atomic E-state index is 0.0333. The van der Waals surface area contributed by atoms with Gasteiger partial charge in [0.05, 0.1) is 29.7 Å². The first-order chi connectivity index (χ1) is 15.4. The highest BCUT2D eigenvalue weighted by molar-refractivity contribution is 6.10. The van der Waals surface area contributed by atoms with Crippen LogP contribution in [0.15, 0.2) is 62.3 Å². The van der Waals surface area contributed by atoms with E-state index < -0.39 is 17.9 Å². The van der Waals surface area contributed by atoms with Gasteiger partial charge in [0.1, 0.15) is 11.3 Å². The molecule has 1 aliphatic heterocycles. The quantitative estimate of drug-likeness (QED) is 0.454. The van der Waals surface area contributed by atoms with Crippen molar-refractivity contribution in [1.29, 1.82) is 0 Å². The van der Waals surface area contributed by atoms with Gasteiger partial charge in [0.2, 0.25) is 5.76 Å². The Balaban J connectivity index is 1.76. The summed E-state index contributed by atoms with van der Waals surface area (Å²) >= 11 is 0. The molecule has 160 valence electrons. The first-order valence-electron chi connectivity index (χ1n) is 9.91. The molecule has 0 bridgehead atoms. The van der Waals surface area contributed by atoms with Gasteiger partial charge in [-0.3, -0.25) is 14.5 Å². The zero-order valence-corrected chi connectivity index (χ0v) is 17.5. The molecular formula is C24H18N2O6. The maximum atomic E-state index is 13.5. The zero-order chi connectivity index (χ0) is 22.6. The van der Waals surface area contributed by atoms with Crippen molar-refractivity contribution in [3.05, 3.63) is 92.5 Å². The molecule has 0 spiro atoms. The number of methoxy groups -OCH3 is 1. The molecule has 5 rings (SSSR count). The molecule has 32 heavy (non-hydrogen) atoms. The summed E-state index contributed by atoms with van der Waals surface area (Å²) in [4.78, 5) is 40.2. The third-order valence-electron chi connectivity index (χ3n) is 5.54. The van der Waals surface area contributed by atoms with Gasteiger partial charge in [0, 0.05) is 6.07 Å². The van der Waals surface area contributed by atoms with E-state index in [4.69, 9.17) is 13.7 Å². The van der Waals surface area contributed by atoms with Crippen LogP contribution in [0.25, 0.3) is 11.0 Å². The van der Waals surface area contributed by atoms with E-state index in [1.54, 1.807) is 49.4 Å². The zero-order valence-electron chi connectivity index (χ0n) is 17.5. The average Bonchev–Trinajstić information content (AvgIpc) is 3.35. The number of fused-ring (bicyclic) bond motifs is 2. The fourth-order valence-corrected chi connectivity index (χ4v) is 4.02. The first kappa shape index (κ1) is 19.7. The van der Waals surface area contributed by atoms with E-state index in [9.17, 15) is 14.4 Å². The highest BCUT2D eigenvalue weighted by atomic mass is 16.5. The Hall–Kier alpha value is -4.20. The largest absolute Gasteiger partial charge is 0.465 e. The van der Waals surface area contributed by atoms with Crippen molar-refractivity contribution in [3.63, 3.8) is 0 Å². The molecule has 0 N–H and O–H groups in total. The van der Waals surface area contributed by atoms with Gasteiger partial charge in [-0.2, -0.15) is 0 Å². The smallest absolute Gasteiger partial charge is 0.337 e. The van der Waals surface area contributed by atoms with Gasteiger partial charge in [-0.1, -0.05) is 28.9 Å². The number of hydrogen-bond acceptors (Lipinski definition) is 7. The summed E-state index contributed by atoms with van der Waals surface area (Å²) in [6.45, 7) is 3.59. The maximum Gasteiger partial charge on any atom is 0.337 e. The standard InChI is InChI=1S/C24H18N2O6/c1-12-4-9-17-16(10-12)21(27)19-20(14-5-7-15(8-6-14)24(29)30-3)26(23(28)22(19)31-17)18-11-13(2)32-25-18/h4-11,20H,1-3H3. The van der Waals surface area contributed by atoms with Crippen LogP contribution in [0, 0.1) is 13.8 Å². The van der Waals surface area contributed by atoms with Crippen LogP contribution in [0.2, 0.25) is 0 Å². The van der Waals surface area contributed by atoms with E-state index in [1.807, 2.05) is 13.0 Å². The second-order valence-corrected chi connectivity index (χ2v) is 7.66. The van der Waals surface area contributed by atoms with Crippen molar-refractivity contribution in [1.82, 2.24) is 5.16 Å². The Morgan fingerprint density at radius 3 is 2.47 bits per heavy atom. The average molecular weight is 430 g/mol. The fraction of sp³-hybridized carbons (Fsp3) is 0.167. The summed E-state index contributed by atoms with van der Waals surface area (Å²) in [5, 5.41) is 4.39. The number of hydrogen-bond donors (Lipinski definition) is 0. The molecule has 0 fully saturated rings. The molecule has 1 atom stereocenters. The normalized spacial score (nSPS) is 15.3. The van der Waals surface area contributed by atoms with Gasteiger partial charge in [0.15, 0.2) is 11.2 Å². The lowest BCUT2D eigenvalue weighted by atomic mass is 9.97. The summed E-state index contributed by atoms with van der Waals surface area (Å²) in [6.07, 6.45) is 0. The molecule has 0 aliphatic carbocycles. The molecule has 4 aromatic rings. The minimum atomic E-state index is -0.796. The second kappa shape index (κ2) is 7.19. The monoisotopic (exact) mass is 430 g/mol. The number of carbonyl (C=O) groups excluding carboxylic acids is 2. The highest BCUT2D eigenvalue weighted by Gasteiger charge is 2.44. The molecule has 1 amide bonds. The molecular weight excluding hydrogens is 412 g/mol. The fourth-order valence-electron chi connectivity index (χ4n) is 4.02. The van der Waals surface area contributed by atoms with Crippen LogP contribution in [0.5, 0.6) is 0 Å². The number of aromatic nitrogens is 1. The Bertz CT molecular complexity index is 1450. The first-order valence-corrected chi connectivity index (χ1v) is 9.91. The van der Waals surface area contributed by atoms with Crippen molar-refractivity contribution in [2.24, 2.45) is 0 Å². The van der Waals surface area contributed by atoms with E-state index in [1.165, 1.54) is 12.0 Å². The van der Waals surface area contributed by atoms with E-state index in [0.717, 1.165) is 5.56 Å². The van der Waals surface area contributed by atoms with E-state index in [0.29, 0.717) is 27.9 Å². The van der Waals surface area contributed by atoms with Crippen LogP contribution in [0.4, 0.5) is 5.82 Å². The number of esters is 1. The number of carbonyl (C=O) groups is 2. The molecule has 3 heterocycles. The van der Waals surface area contributed by atoms with Crippen LogP contribution in [-0.4, -0.2) is 24.1 Å². The number of ether oxygens (including phenoxy) is 1. The number of amides is 1. The lowest BCUT2D eigenvalue weighted by Crippen LogP contribution is -2.29. The predicted molar refractivity (Wildman–Crippen MR) is 115 cm³/mol. The number of benzene rings is 2. The summed E-state index contributed by atoms with van der Waals surface area (Å²) in [6, 6.07) is 12.6. The van der Waals surface area contributed by atoms with Crippen molar-refractivity contribution in [2.45, 2.75) is 19.9 Å². The molecule has 2 aromatic carbocycles. The van der Waals surface area contributed by atoms with Gasteiger partial charge < -0.3 is 13.7 Å². The molecule has 1 aliphatic rings. The Labute approximate surface area is 182 Å². The van der Waals surface area contributed by atoms with Gasteiger partial charge in [-0.25, -0.2) is 4.79 Å². The lowest BCUT2D eigenvalue weighted by molar-refractivity contribution is 0.0600. The SMILES string of the molecule is COC(=O)c1ccc(C2c3c(oc4ccc(C)cc4c3=O)C(=O)N2c2cc(C)on2)cc1. The van der Waals surface area contributed by atoms with Crippen LogP contribution in [0.1, 0.15) is 49.4 Å². The third kappa shape index (κ3) is 2.91. The van der Waals surface area contributed by atoms with Gasteiger partial charge in [-0.05, 0) is 43.7 Å². The van der Waals surface area contributed by atoms with Crippen molar-refractivity contribution >= 4 is 28.7 Å². The minimum Gasteiger partial charge on any atom is -0.465 e. The molecule has 1 unspecified atom stereocenters. The van der Waals surface area contributed by atoms with Crippen LogP contribution in [-0.2, 0) is 4.74 Å². The number of anilines is 1. The summed E-state index contributed by atoms with van der Waals surface area (Å²) in [7, 11) is 1.30. The van der Waals surface area contributed by atoms with Gasteiger partial charge in [0.25, 0.3) is 5.91 Å². The highest BCUT2D eigenvalue weighted by Crippen LogP contribution is 2.41. The Morgan fingerprint density at radius 2 is 1.81 bits per heavy atom. The number of nitrogens with zero attached hydrogens (tertiary/aromatic N) is 2. The second-order valence-electron chi connectivity index (χ2n) is 7.66. The molecule has 8 nitrogen and oxygen atoms in total. The van der Waals surface area contributed by atoms with E-state index >= 15 is 0 Å². The Morgan fingerprint density at radius 1 is 1.06 bits per heavy atom. The number of aryl methyl sites for hydroxylation is 2. The van der Waals surface area contributed by atoms with Crippen LogP contribution >= 0.6 is 0 Å². The van der Waals surface area contributed by atoms with Crippen LogP contribution in [0.3, 0.4) is 0 Å². The third-order valence-corrected chi connectivity index (χ3v) is 5.54. The lowest BCUT2D eigenvalue weighted by Gasteiger charge is -2.22. The molecule has 8 heteroatoms. The molecule has 0 radical (unpaired) electrons. The topological polar surface area (TPSA) is 103 Å². The van der Waals surface area contributed by atoms with Crippen molar-refractivity contribution < 1.29 is 23.3 Å². The van der Waals surface area contributed by atoms with Gasteiger partial charge >= 0.3 is 5.97 Å². The Kier molecular flexibility index (Phi) is 4.44. The predicted octanol–water partition coefficient (Wildman–Crippen LogP) is 3.93. The molecule has 0 saturated heterocycles. The summed E-state index contributed by atoms with van der Waals surface area (Å²) in [5.74, 6) is -0.224. The van der Waals surface area contributed by atoms with Crippen LogP contribution < -0.4 is 10.3 Å². The molecule has 2 aromatic heterocycles. The van der Waals surface area contributed by atoms with Crippen molar-refractivity contribution in [2.75, 3.05) is 12.0 Å². The number of rotatable bonds is 3. The summed E-state index contributed by atoms with van der Waals surface area (Å²) < 4.78 is 15.9. The van der Waals surface area contributed by atoms with E-state index in [2.05, 4.69) is 5.16 Å². The maximum absolute atomic E-state index is 13.5. The molecule has 0 saturated carbocycles. The van der Waals surface area contributed by atoms with Gasteiger partial charge in [-0.15, -0.1) is 0 Å². The van der Waals surface area contributed by atoms with E-state index in [-0.39, 0.29) is 22.6 Å². The van der Waals surface area contributed by atoms with Crippen molar-refractivity contribution in [3.8, 4) is 0 Å². The summed E-state index contributed by atoms with van der Waals surface area (Å²) in [5.41, 5.74) is 2.14.